The van der Waals surface area contributed by atoms with Crippen LogP contribution in [0.2, 0.25) is 0 Å². The van der Waals surface area contributed by atoms with Gasteiger partial charge in [-0.3, -0.25) is 0 Å². The minimum absolute atomic E-state index is 0.0907. The molecule has 0 amide bonds. The minimum atomic E-state index is -0.450. The van der Waals surface area contributed by atoms with E-state index in [-0.39, 0.29) is 6.04 Å². The third kappa shape index (κ3) is 3.39. The summed E-state index contributed by atoms with van der Waals surface area (Å²) >= 11 is 4.81. The molecule has 1 aromatic heterocycles. The minimum Gasteiger partial charge on any atom is -0.393 e. The molecule has 2 N–H and O–H groups in total. The molecule has 0 aliphatic heterocycles. The first-order valence-corrected chi connectivity index (χ1v) is 4.90. The van der Waals surface area contributed by atoms with Crippen molar-refractivity contribution < 1.29 is 4.39 Å². The highest BCUT2D eigenvalue weighted by atomic mass is 32.1. The maximum absolute atomic E-state index is 12.6. The number of hydrogen-bond acceptors (Lipinski definition) is 4. The molecular weight excluding hydrogens is 215 g/mol. The van der Waals surface area contributed by atoms with Gasteiger partial charge in [0.25, 0.3) is 0 Å². The van der Waals surface area contributed by atoms with Crippen molar-refractivity contribution in [3.05, 3.63) is 18.2 Å². The number of nitrogens with zero attached hydrogens (tertiary/aromatic N) is 3. The highest BCUT2D eigenvalue weighted by Gasteiger charge is 2.13. The smallest absolute Gasteiger partial charge is 0.225 e. The number of halogens is 1. The Balaban J connectivity index is 2.71. The van der Waals surface area contributed by atoms with Crippen LogP contribution >= 0.6 is 12.2 Å². The van der Waals surface area contributed by atoms with Gasteiger partial charge in [-0.25, -0.2) is 14.4 Å². The molecule has 0 radical (unpaired) electrons. The van der Waals surface area contributed by atoms with Gasteiger partial charge in [0, 0.05) is 19.5 Å². The third-order valence-corrected chi connectivity index (χ3v) is 2.25. The van der Waals surface area contributed by atoms with Crippen LogP contribution in [0.15, 0.2) is 12.4 Å². The van der Waals surface area contributed by atoms with Gasteiger partial charge in [0.1, 0.15) is 0 Å². The fourth-order valence-corrected chi connectivity index (χ4v) is 1.35. The van der Waals surface area contributed by atoms with Crippen LogP contribution in [0.5, 0.6) is 0 Å². The number of anilines is 1. The second-order valence-electron chi connectivity index (χ2n) is 3.33. The van der Waals surface area contributed by atoms with E-state index < -0.39 is 5.82 Å². The summed E-state index contributed by atoms with van der Waals surface area (Å²) in [5.74, 6) is 0.00861. The quantitative estimate of drug-likeness (QED) is 0.782. The Kier molecular flexibility index (Phi) is 3.90. The van der Waals surface area contributed by atoms with E-state index in [9.17, 15) is 4.39 Å². The van der Waals surface area contributed by atoms with Gasteiger partial charge in [0.2, 0.25) is 5.95 Å². The SMILES string of the molecule is CC(CC(N)=S)N(C)c1ncc(F)cn1. The summed E-state index contributed by atoms with van der Waals surface area (Å²) in [6.45, 7) is 1.95. The van der Waals surface area contributed by atoms with E-state index in [1.54, 1.807) is 4.90 Å². The van der Waals surface area contributed by atoms with E-state index in [1.807, 2.05) is 14.0 Å². The zero-order chi connectivity index (χ0) is 11.4. The van der Waals surface area contributed by atoms with E-state index in [0.29, 0.717) is 17.4 Å². The van der Waals surface area contributed by atoms with Crippen molar-refractivity contribution in [2.45, 2.75) is 19.4 Å². The van der Waals surface area contributed by atoms with E-state index in [4.69, 9.17) is 18.0 Å². The molecule has 1 rings (SSSR count). The van der Waals surface area contributed by atoms with E-state index in [0.717, 1.165) is 12.4 Å². The average molecular weight is 228 g/mol. The van der Waals surface area contributed by atoms with Crippen LogP contribution in [0.4, 0.5) is 10.3 Å². The van der Waals surface area contributed by atoms with Gasteiger partial charge in [-0.2, -0.15) is 0 Å². The summed E-state index contributed by atoms with van der Waals surface area (Å²) in [4.78, 5) is 9.97. The van der Waals surface area contributed by atoms with Crippen molar-refractivity contribution in [2.24, 2.45) is 5.73 Å². The highest BCUT2D eigenvalue weighted by molar-refractivity contribution is 7.80. The molecule has 0 fully saturated rings. The van der Waals surface area contributed by atoms with Crippen molar-refractivity contribution in [1.29, 1.82) is 0 Å². The van der Waals surface area contributed by atoms with Gasteiger partial charge in [0.15, 0.2) is 5.82 Å². The molecule has 0 aliphatic carbocycles. The van der Waals surface area contributed by atoms with Crippen LogP contribution in [0.1, 0.15) is 13.3 Å². The van der Waals surface area contributed by atoms with Gasteiger partial charge >= 0.3 is 0 Å². The Hall–Kier alpha value is -1.30. The summed E-state index contributed by atoms with van der Waals surface area (Å²) in [6.07, 6.45) is 2.84. The number of rotatable bonds is 4. The molecule has 0 saturated heterocycles. The zero-order valence-corrected chi connectivity index (χ0v) is 9.46. The Morgan fingerprint density at radius 3 is 2.60 bits per heavy atom. The Morgan fingerprint density at radius 2 is 2.13 bits per heavy atom. The highest BCUT2D eigenvalue weighted by Crippen LogP contribution is 2.10. The Morgan fingerprint density at radius 1 is 1.60 bits per heavy atom. The van der Waals surface area contributed by atoms with Crippen LogP contribution in [0.25, 0.3) is 0 Å². The lowest BCUT2D eigenvalue weighted by Crippen LogP contribution is -2.33. The first-order valence-electron chi connectivity index (χ1n) is 4.49. The summed E-state index contributed by atoms with van der Waals surface area (Å²) < 4.78 is 12.6. The van der Waals surface area contributed by atoms with E-state index in [2.05, 4.69) is 9.97 Å². The van der Waals surface area contributed by atoms with Crippen LogP contribution in [0, 0.1) is 5.82 Å². The topological polar surface area (TPSA) is 55.0 Å². The number of hydrogen-bond donors (Lipinski definition) is 1. The predicted octanol–water partition coefficient (Wildman–Crippen LogP) is 1.12. The Labute approximate surface area is 93.3 Å². The molecule has 1 aromatic rings. The van der Waals surface area contributed by atoms with Gasteiger partial charge in [-0.1, -0.05) is 12.2 Å². The summed E-state index contributed by atoms with van der Waals surface area (Å²) in [5, 5.41) is 0. The molecule has 0 bridgehead atoms. The summed E-state index contributed by atoms with van der Waals surface area (Å²) in [5.41, 5.74) is 5.44. The van der Waals surface area contributed by atoms with Gasteiger partial charge in [-0.15, -0.1) is 0 Å². The summed E-state index contributed by atoms with van der Waals surface area (Å²) in [6, 6.07) is 0.0907. The van der Waals surface area contributed by atoms with Crippen molar-refractivity contribution in [1.82, 2.24) is 9.97 Å². The van der Waals surface area contributed by atoms with Gasteiger partial charge < -0.3 is 10.6 Å². The first-order chi connectivity index (χ1) is 7.00. The standard InChI is InChI=1S/C9H13FN4S/c1-6(3-8(11)15)14(2)9-12-4-7(10)5-13-9/h4-6H,3H2,1-2H3,(H2,11,15). The Bertz CT molecular complexity index is 340. The number of aromatic nitrogens is 2. The molecule has 82 valence electrons. The second kappa shape index (κ2) is 4.97. The lowest BCUT2D eigenvalue weighted by atomic mass is 10.2. The first kappa shape index (κ1) is 11.8. The maximum atomic E-state index is 12.6. The zero-order valence-electron chi connectivity index (χ0n) is 8.64. The number of nitrogens with two attached hydrogens (primary N) is 1. The van der Waals surface area contributed by atoms with Crippen LogP contribution < -0.4 is 10.6 Å². The monoisotopic (exact) mass is 228 g/mol. The molecule has 4 nitrogen and oxygen atoms in total. The van der Waals surface area contributed by atoms with Crippen LogP contribution in [0.3, 0.4) is 0 Å². The lowest BCUT2D eigenvalue weighted by Gasteiger charge is -2.24. The summed E-state index contributed by atoms with van der Waals surface area (Å²) in [7, 11) is 1.82. The lowest BCUT2D eigenvalue weighted by molar-refractivity contribution is 0.608. The van der Waals surface area contributed by atoms with Crippen molar-refractivity contribution in [3.8, 4) is 0 Å². The molecule has 1 atom stereocenters. The molecule has 0 spiro atoms. The van der Waals surface area contributed by atoms with Gasteiger partial charge in [-0.05, 0) is 6.92 Å². The van der Waals surface area contributed by atoms with Crippen molar-refractivity contribution in [2.75, 3.05) is 11.9 Å². The van der Waals surface area contributed by atoms with Crippen LogP contribution in [-0.2, 0) is 0 Å². The number of thiocarbonyl (C=S) groups is 1. The largest absolute Gasteiger partial charge is 0.393 e. The van der Waals surface area contributed by atoms with Crippen molar-refractivity contribution in [3.63, 3.8) is 0 Å². The van der Waals surface area contributed by atoms with Crippen molar-refractivity contribution >= 4 is 23.2 Å². The third-order valence-electron chi connectivity index (χ3n) is 2.08. The molecular formula is C9H13FN4S. The predicted molar refractivity (Wildman–Crippen MR) is 61.3 cm³/mol. The molecule has 0 aliphatic rings. The average Bonchev–Trinajstić information content (AvgIpc) is 2.17. The van der Waals surface area contributed by atoms with E-state index in [1.165, 1.54) is 0 Å². The molecule has 0 saturated carbocycles. The molecule has 0 aromatic carbocycles. The van der Waals surface area contributed by atoms with E-state index >= 15 is 0 Å². The maximum Gasteiger partial charge on any atom is 0.225 e. The molecule has 1 heterocycles. The fraction of sp³-hybridized carbons (Fsp3) is 0.444. The van der Waals surface area contributed by atoms with Crippen LogP contribution in [-0.4, -0.2) is 28.0 Å². The molecule has 15 heavy (non-hydrogen) atoms. The second-order valence-corrected chi connectivity index (χ2v) is 3.86. The normalized spacial score (nSPS) is 12.2. The van der Waals surface area contributed by atoms with Gasteiger partial charge in [0.05, 0.1) is 17.4 Å². The molecule has 1 unspecified atom stereocenters. The fourth-order valence-electron chi connectivity index (χ4n) is 1.11. The molecule has 6 heteroatoms.